The Kier molecular flexibility index (Phi) is 4.42. The van der Waals surface area contributed by atoms with Gasteiger partial charge >= 0.3 is 5.76 Å². The normalized spacial score (nSPS) is 10.8. The van der Waals surface area contributed by atoms with Crippen molar-refractivity contribution in [2.75, 3.05) is 7.11 Å². The maximum atomic E-state index is 12.4. The number of oxazole rings is 1. The lowest BCUT2D eigenvalue weighted by atomic mass is 10.0. The van der Waals surface area contributed by atoms with E-state index in [2.05, 4.69) is 11.1 Å². The second-order valence-electron chi connectivity index (χ2n) is 6.49. The van der Waals surface area contributed by atoms with E-state index < -0.39 is 5.76 Å². The standard InChI is InChI=1S/C22H17N3O3/c1-14-8-17(12-24-19(14)11-23)16-6-7-20-21(10-16)28-22(26)25(20)13-15-4-3-5-18(9-15)27-2/h3-10,12H,13H2,1-2H3. The van der Waals surface area contributed by atoms with Crippen molar-refractivity contribution >= 4 is 11.1 Å². The second-order valence-corrected chi connectivity index (χ2v) is 6.49. The topological polar surface area (TPSA) is 81.1 Å². The highest BCUT2D eigenvalue weighted by Gasteiger charge is 2.12. The number of aromatic nitrogens is 2. The van der Waals surface area contributed by atoms with Crippen LogP contribution in [-0.2, 0) is 6.54 Å². The van der Waals surface area contributed by atoms with Crippen LogP contribution in [0, 0.1) is 18.3 Å². The molecule has 0 fully saturated rings. The summed E-state index contributed by atoms with van der Waals surface area (Å²) in [5.74, 6) is 0.327. The quantitative estimate of drug-likeness (QED) is 0.543. The summed E-state index contributed by atoms with van der Waals surface area (Å²) in [5.41, 5.74) is 5.11. The summed E-state index contributed by atoms with van der Waals surface area (Å²) in [5, 5.41) is 9.04. The van der Waals surface area contributed by atoms with E-state index in [1.807, 2.05) is 55.5 Å². The van der Waals surface area contributed by atoms with E-state index in [-0.39, 0.29) is 0 Å². The zero-order chi connectivity index (χ0) is 19.7. The van der Waals surface area contributed by atoms with Crippen LogP contribution < -0.4 is 10.5 Å². The molecule has 6 heteroatoms. The van der Waals surface area contributed by atoms with Gasteiger partial charge in [0, 0.05) is 11.8 Å². The molecule has 0 amide bonds. The van der Waals surface area contributed by atoms with Crippen LogP contribution in [0.5, 0.6) is 5.75 Å². The van der Waals surface area contributed by atoms with Crippen molar-refractivity contribution in [1.29, 1.82) is 5.26 Å². The van der Waals surface area contributed by atoms with Gasteiger partial charge in [0.15, 0.2) is 5.58 Å². The maximum Gasteiger partial charge on any atom is 0.420 e. The Morgan fingerprint density at radius 1 is 1.18 bits per heavy atom. The third-order valence-electron chi connectivity index (χ3n) is 4.66. The van der Waals surface area contributed by atoms with Crippen molar-refractivity contribution < 1.29 is 9.15 Å². The molecule has 0 N–H and O–H groups in total. The van der Waals surface area contributed by atoms with Gasteiger partial charge in [0.2, 0.25) is 0 Å². The van der Waals surface area contributed by atoms with Crippen LogP contribution in [0.4, 0.5) is 0 Å². The van der Waals surface area contributed by atoms with Gasteiger partial charge in [-0.25, -0.2) is 9.78 Å². The van der Waals surface area contributed by atoms with Crippen LogP contribution in [-0.4, -0.2) is 16.7 Å². The Bertz CT molecular complexity index is 1280. The molecule has 0 bridgehead atoms. The first-order valence-corrected chi connectivity index (χ1v) is 8.72. The molecule has 2 aromatic heterocycles. The molecular weight excluding hydrogens is 354 g/mol. The van der Waals surface area contributed by atoms with Gasteiger partial charge in [-0.15, -0.1) is 0 Å². The number of rotatable bonds is 4. The smallest absolute Gasteiger partial charge is 0.420 e. The van der Waals surface area contributed by atoms with Crippen LogP contribution in [0.1, 0.15) is 16.8 Å². The van der Waals surface area contributed by atoms with E-state index in [4.69, 9.17) is 14.4 Å². The van der Waals surface area contributed by atoms with Crippen LogP contribution in [0.2, 0.25) is 0 Å². The SMILES string of the molecule is COc1cccc(Cn2c(=O)oc3cc(-c4cnc(C#N)c(C)c4)ccc32)c1. The number of pyridine rings is 1. The van der Waals surface area contributed by atoms with E-state index >= 15 is 0 Å². The summed E-state index contributed by atoms with van der Waals surface area (Å²) >= 11 is 0. The molecule has 0 aliphatic heterocycles. The minimum Gasteiger partial charge on any atom is -0.497 e. The van der Waals surface area contributed by atoms with Gasteiger partial charge in [-0.3, -0.25) is 4.57 Å². The number of nitriles is 1. The number of hydrogen-bond acceptors (Lipinski definition) is 5. The summed E-state index contributed by atoms with van der Waals surface area (Å²) in [6.45, 7) is 2.23. The number of methoxy groups -OCH3 is 1. The highest BCUT2D eigenvalue weighted by molar-refractivity contribution is 5.80. The monoisotopic (exact) mass is 371 g/mol. The summed E-state index contributed by atoms with van der Waals surface area (Å²) in [7, 11) is 1.61. The molecule has 0 unspecified atom stereocenters. The van der Waals surface area contributed by atoms with Gasteiger partial charge in [-0.2, -0.15) is 5.26 Å². The first kappa shape index (κ1) is 17.6. The van der Waals surface area contributed by atoms with Crippen molar-refractivity contribution in [2.45, 2.75) is 13.5 Å². The molecule has 138 valence electrons. The molecule has 2 aromatic carbocycles. The lowest BCUT2D eigenvalue weighted by molar-refractivity contribution is 0.414. The number of hydrogen-bond donors (Lipinski definition) is 0. The number of ether oxygens (including phenoxy) is 1. The van der Waals surface area contributed by atoms with Crippen LogP contribution in [0.25, 0.3) is 22.2 Å². The molecule has 0 aliphatic rings. The molecule has 2 heterocycles. The molecule has 0 spiro atoms. The third kappa shape index (κ3) is 3.14. The Morgan fingerprint density at radius 3 is 2.79 bits per heavy atom. The molecule has 0 aliphatic carbocycles. The van der Waals surface area contributed by atoms with Gasteiger partial charge < -0.3 is 9.15 Å². The zero-order valence-electron chi connectivity index (χ0n) is 15.5. The van der Waals surface area contributed by atoms with Gasteiger partial charge in [-0.1, -0.05) is 18.2 Å². The predicted octanol–water partition coefficient (Wildman–Crippen LogP) is 3.89. The summed E-state index contributed by atoms with van der Waals surface area (Å²) in [4.78, 5) is 16.6. The molecule has 0 saturated heterocycles. The predicted molar refractivity (Wildman–Crippen MR) is 105 cm³/mol. The summed E-state index contributed by atoms with van der Waals surface area (Å²) in [6, 6.07) is 17.1. The first-order valence-electron chi connectivity index (χ1n) is 8.72. The molecule has 0 radical (unpaired) electrons. The van der Waals surface area contributed by atoms with Gasteiger partial charge in [0.1, 0.15) is 17.5 Å². The van der Waals surface area contributed by atoms with E-state index in [1.54, 1.807) is 17.9 Å². The Morgan fingerprint density at radius 2 is 2.04 bits per heavy atom. The van der Waals surface area contributed by atoms with E-state index in [9.17, 15) is 4.79 Å². The lowest BCUT2D eigenvalue weighted by Gasteiger charge is -2.06. The van der Waals surface area contributed by atoms with Crippen molar-refractivity contribution in [1.82, 2.24) is 9.55 Å². The van der Waals surface area contributed by atoms with Crippen LogP contribution in [0.15, 0.2) is 63.9 Å². The minimum absolute atomic E-state index is 0.389. The van der Waals surface area contributed by atoms with Gasteiger partial charge in [0.25, 0.3) is 0 Å². The zero-order valence-corrected chi connectivity index (χ0v) is 15.5. The van der Waals surface area contributed by atoms with Crippen molar-refractivity contribution in [3.05, 3.63) is 82.1 Å². The number of nitrogens with zero attached hydrogens (tertiary/aromatic N) is 3. The molecule has 0 atom stereocenters. The maximum absolute atomic E-state index is 12.4. The molecular formula is C22H17N3O3. The van der Waals surface area contributed by atoms with Crippen molar-refractivity contribution in [3.8, 4) is 22.9 Å². The average Bonchev–Trinajstić information content (AvgIpc) is 3.02. The van der Waals surface area contributed by atoms with E-state index in [0.29, 0.717) is 17.8 Å². The Balaban J connectivity index is 1.73. The summed E-state index contributed by atoms with van der Waals surface area (Å²) in [6.07, 6.45) is 1.65. The fourth-order valence-corrected chi connectivity index (χ4v) is 3.20. The Labute approximate surface area is 161 Å². The summed E-state index contributed by atoms with van der Waals surface area (Å²) < 4.78 is 12.3. The molecule has 4 rings (SSSR count). The highest BCUT2D eigenvalue weighted by Crippen LogP contribution is 2.25. The minimum atomic E-state index is -0.413. The largest absolute Gasteiger partial charge is 0.497 e. The van der Waals surface area contributed by atoms with Crippen LogP contribution >= 0.6 is 0 Å². The second kappa shape index (κ2) is 7.05. The van der Waals surface area contributed by atoms with E-state index in [0.717, 1.165) is 33.5 Å². The molecule has 6 nitrogen and oxygen atoms in total. The fraction of sp³-hybridized carbons (Fsp3) is 0.136. The van der Waals surface area contributed by atoms with Gasteiger partial charge in [0.05, 0.1) is 19.2 Å². The molecule has 0 saturated carbocycles. The third-order valence-corrected chi connectivity index (χ3v) is 4.66. The van der Waals surface area contributed by atoms with Crippen molar-refractivity contribution in [3.63, 3.8) is 0 Å². The first-order chi connectivity index (χ1) is 13.6. The lowest BCUT2D eigenvalue weighted by Crippen LogP contribution is -2.14. The highest BCUT2D eigenvalue weighted by atomic mass is 16.5. The van der Waals surface area contributed by atoms with E-state index in [1.165, 1.54) is 0 Å². The number of benzene rings is 2. The van der Waals surface area contributed by atoms with Crippen molar-refractivity contribution in [2.24, 2.45) is 0 Å². The number of aryl methyl sites for hydroxylation is 1. The average molecular weight is 371 g/mol. The van der Waals surface area contributed by atoms with Crippen LogP contribution in [0.3, 0.4) is 0 Å². The molecule has 28 heavy (non-hydrogen) atoms. The molecule has 4 aromatic rings. The number of fused-ring (bicyclic) bond motifs is 1. The van der Waals surface area contributed by atoms with Gasteiger partial charge in [-0.05, 0) is 53.9 Å². The fourth-order valence-electron chi connectivity index (χ4n) is 3.20. The Hall–Kier alpha value is -3.85.